The summed E-state index contributed by atoms with van der Waals surface area (Å²) in [5, 5.41) is 20.1. The number of allylic oxidation sites excluding steroid dienone is 2. The van der Waals surface area contributed by atoms with Crippen LogP contribution in [0.25, 0.3) is 0 Å². The number of hydrogen-bond donors (Lipinski definition) is 2. The Morgan fingerprint density at radius 1 is 1.08 bits per heavy atom. The molecule has 0 saturated carbocycles. The van der Waals surface area contributed by atoms with Gasteiger partial charge in [-0.3, -0.25) is 0 Å². The smallest absolute Gasteiger partial charge is 0.334 e. The van der Waals surface area contributed by atoms with E-state index in [2.05, 4.69) is 0 Å². The van der Waals surface area contributed by atoms with Crippen LogP contribution in [0.4, 0.5) is 5.69 Å². The van der Waals surface area contributed by atoms with E-state index in [-0.39, 0.29) is 16.2 Å². The minimum absolute atomic E-state index is 0.0362. The summed E-state index contributed by atoms with van der Waals surface area (Å²) in [7, 11) is 0. The predicted octanol–water partition coefficient (Wildman–Crippen LogP) is 4.95. The van der Waals surface area contributed by atoms with E-state index in [0.717, 1.165) is 0 Å². The van der Waals surface area contributed by atoms with Crippen molar-refractivity contribution in [1.29, 1.82) is 0 Å². The third-order valence-corrected chi connectivity index (χ3v) is 5.61. The van der Waals surface area contributed by atoms with Crippen molar-refractivity contribution in [2.24, 2.45) is 5.41 Å². The molecule has 0 spiro atoms. The topological polar surface area (TPSA) is 77.8 Å². The monoisotopic (exact) mass is 383 g/mol. The average Bonchev–Trinajstić information content (AvgIpc) is 2.50. The zero-order chi connectivity index (χ0) is 19.1. The van der Waals surface area contributed by atoms with Crippen LogP contribution in [-0.2, 0) is 9.59 Å². The van der Waals surface area contributed by atoms with Gasteiger partial charge >= 0.3 is 11.9 Å². The molecule has 0 saturated heterocycles. The van der Waals surface area contributed by atoms with Crippen LogP contribution in [0.1, 0.15) is 34.1 Å². The molecule has 0 atom stereocenters. The van der Waals surface area contributed by atoms with E-state index in [9.17, 15) is 19.8 Å². The fourth-order valence-corrected chi connectivity index (χ4v) is 3.94. The molecule has 0 aromatic heterocycles. The zero-order valence-corrected chi connectivity index (χ0v) is 15.9. The summed E-state index contributed by atoms with van der Waals surface area (Å²) in [6.45, 7) is 6.71. The normalized spacial score (nSPS) is 17.1. The number of carbonyl (C=O) groups is 2. The summed E-state index contributed by atoms with van der Waals surface area (Å²) in [4.78, 5) is 25.5. The molecule has 0 aliphatic carbocycles. The summed E-state index contributed by atoms with van der Waals surface area (Å²) < 4.78 is 0. The quantitative estimate of drug-likeness (QED) is 0.768. The Labute approximate surface area is 156 Å². The molecular formula is C18H19Cl2NO4. The number of benzene rings is 1. The number of carboxylic acids is 2. The van der Waals surface area contributed by atoms with Crippen LogP contribution in [-0.4, -0.2) is 22.2 Å². The minimum Gasteiger partial charge on any atom is -0.478 e. The van der Waals surface area contributed by atoms with Gasteiger partial charge < -0.3 is 15.1 Å². The van der Waals surface area contributed by atoms with Gasteiger partial charge in [-0.25, -0.2) is 9.59 Å². The van der Waals surface area contributed by atoms with Crippen molar-refractivity contribution in [2.45, 2.75) is 34.1 Å². The second-order valence-corrected chi connectivity index (χ2v) is 6.91. The van der Waals surface area contributed by atoms with Crippen molar-refractivity contribution in [3.8, 4) is 0 Å². The van der Waals surface area contributed by atoms with Crippen molar-refractivity contribution in [3.63, 3.8) is 0 Å². The van der Waals surface area contributed by atoms with Gasteiger partial charge in [0.25, 0.3) is 0 Å². The molecule has 25 heavy (non-hydrogen) atoms. The van der Waals surface area contributed by atoms with Crippen LogP contribution in [0.5, 0.6) is 0 Å². The molecule has 1 heterocycles. The first-order valence-corrected chi connectivity index (χ1v) is 8.46. The molecule has 1 aliphatic heterocycles. The Morgan fingerprint density at radius 3 is 1.96 bits per heavy atom. The fraction of sp³-hybridized carbons (Fsp3) is 0.333. The highest BCUT2D eigenvalue weighted by Gasteiger charge is 2.46. The number of rotatable bonds is 4. The van der Waals surface area contributed by atoms with Gasteiger partial charge in [-0.2, -0.15) is 0 Å². The maximum absolute atomic E-state index is 12.0. The Bertz CT molecular complexity index is 788. The molecule has 7 heteroatoms. The van der Waals surface area contributed by atoms with Gasteiger partial charge in [-0.1, -0.05) is 43.1 Å². The summed E-state index contributed by atoms with van der Waals surface area (Å²) in [6, 6.07) is 4.97. The van der Waals surface area contributed by atoms with E-state index in [0.29, 0.717) is 28.5 Å². The second-order valence-electron chi connectivity index (χ2n) is 6.13. The van der Waals surface area contributed by atoms with Crippen molar-refractivity contribution in [3.05, 3.63) is 50.8 Å². The molecule has 1 aromatic carbocycles. The molecule has 0 unspecified atom stereocenters. The molecule has 5 nitrogen and oxygen atoms in total. The highest BCUT2D eigenvalue weighted by molar-refractivity contribution is 6.43. The first kappa shape index (κ1) is 19.3. The second kappa shape index (κ2) is 6.73. The molecule has 0 bridgehead atoms. The van der Waals surface area contributed by atoms with Crippen LogP contribution in [0.3, 0.4) is 0 Å². The molecule has 0 fully saturated rings. The lowest BCUT2D eigenvalue weighted by Crippen LogP contribution is -2.41. The van der Waals surface area contributed by atoms with Crippen LogP contribution in [0.15, 0.2) is 40.7 Å². The lowest BCUT2D eigenvalue weighted by Gasteiger charge is -2.42. The van der Waals surface area contributed by atoms with E-state index < -0.39 is 17.4 Å². The standard InChI is InChI=1S/C18H19Cl2NO4/c1-5-18(4)13(16(22)23)9(2)21(10(3)14(18)17(24)25)12-8-6-7-11(19)15(12)20/h6-8H,5H2,1-4H3,(H,22,23)(H,24,25). The lowest BCUT2D eigenvalue weighted by atomic mass is 9.69. The third kappa shape index (κ3) is 2.92. The minimum atomic E-state index is -1.16. The molecule has 0 amide bonds. The van der Waals surface area contributed by atoms with Gasteiger partial charge in [0.05, 0.1) is 26.9 Å². The Morgan fingerprint density at radius 2 is 1.56 bits per heavy atom. The number of anilines is 1. The first-order chi connectivity index (χ1) is 11.6. The van der Waals surface area contributed by atoms with Crippen molar-refractivity contribution in [1.82, 2.24) is 0 Å². The largest absolute Gasteiger partial charge is 0.478 e. The molecular weight excluding hydrogens is 365 g/mol. The summed E-state index contributed by atoms with van der Waals surface area (Å²) in [6.07, 6.45) is 0.335. The summed E-state index contributed by atoms with van der Waals surface area (Å²) in [5.41, 5.74) is 0.239. The van der Waals surface area contributed by atoms with Crippen LogP contribution in [0.2, 0.25) is 10.0 Å². The van der Waals surface area contributed by atoms with Gasteiger partial charge in [0.1, 0.15) is 0 Å². The number of halogens is 2. The highest BCUT2D eigenvalue weighted by atomic mass is 35.5. The van der Waals surface area contributed by atoms with E-state index in [4.69, 9.17) is 23.2 Å². The van der Waals surface area contributed by atoms with Gasteiger partial charge in [0.2, 0.25) is 0 Å². The molecule has 0 radical (unpaired) electrons. The van der Waals surface area contributed by atoms with E-state index >= 15 is 0 Å². The van der Waals surface area contributed by atoms with Gasteiger partial charge in [0, 0.05) is 16.8 Å². The molecule has 2 N–H and O–H groups in total. The van der Waals surface area contributed by atoms with Crippen molar-refractivity contribution in [2.75, 3.05) is 4.90 Å². The Balaban J connectivity index is 2.90. The molecule has 2 rings (SSSR count). The fourth-order valence-electron chi connectivity index (χ4n) is 3.56. The third-order valence-electron chi connectivity index (χ3n) is 4.80. The van der Waals surface area contributed by atoms with E-state index in [1.54, 1.807) is 50.8 Å². The zero-order valence-electron chi connectivity index (χ0n) is 14.4. The SMILES string of the molecule is CCC1(C)C(C(=O)O)=C(C)N(c2cccc(Cl)c2Cl)C(C)=C1C(=O)O. The van der Waals surface area contributed by atoms with E-state index in [1.807, 2.05) is 0 Å². The van der Waals surface area contributed by atoms with Gasteiger partial charge in [-0.15, -0.1) is 0 Å². The maximum atomic E-state index is 12.0. The highest BCUT2D eigenvalue weighted by Crippen LogP contribution is 2.49. The predicted molar refractivity (Wildman–Crippen MR) is 98.0 cm³/mol. The first-order valence-electron chi connectivity index (χ1n) is 7.71. The number of carboxylic acid groups (broad SMARTS) is 2. The molecule has 1 aliphatic rings. The number of aliphatic carboxylic acids is 2. The lowest BCUT2D eigenvalue weighted by molar-refractivity contribution is -0.135. The van der Waals surface area contributed by atoms with Crippen LogP contribution < -0.4 is 4.90 Å². The average molecular weight is 384 g/mol. The number of hydrogen-bond acceptors (Lipinski definition) is 3. The van der Waals surface area contributed by atoms with Crippen molar-refractivity contribution >= 4 is 40.8 Å². The summed E-state index contributed by atoms with van der Waals surface area (Å²) in [5.74, 6) is -2.31. The molecule has 134 valence electrons. The van der Waals surface area contributed by atoms with Crippen molar-refractivity contribution < 1.29 is 19.8 Å². The maximum Gasteiger partial charge on any atom is 0.334 e. The molecule has 1 aromatic rings. The number of nitrogens with zero attached hydrogens (tertiary/aromatic N) is 1. The van der Waals surface area contributed by atoms with Crippen LogP contribution in [0, 0.1) is 5.41 Å². The Kier molecular flexibility index (Phi) is 5.21. The van der Waals surface area contributed by atoms with E-state index in [1.165, 1.54) is 0 Å². The summed E-state index contributed by atoms with van der Waals surface area (Å²) >= 11 is 12.4. The van der Waals surface area contributed by atoms with Crippen LogP contribution >= 0.6 is 23.2 Å². The van der Waals surface area contributed by atoms with Gasteiger partial charge in [-0.05, 0) is 32.4 Å². The van der Waals surface area contributed by atoms with Gasteiger partial charge in [0.15, 0.2) is 0 Å². The Hall–Kier alpha value is -1.98.